The predicted molar refractivity (Wildman–Crippen MR) is 62.9 cm³/mol. The topological polar surface area (TPSA) is 42.6 Å². The first-order valence-corrected chi connectivity index (χ1v) is 5.42. The summed E-state index contributed by atoms with van der Waals surface area (Å²) in [6.07, 6.45) is 1.62. The van der Waals surface area contributed by atoms with Gasteiger partial charge < -0.3 is 14.3 Å². The molecular weight excluding hydrogens is 204 g/mol. The van der Waals surface area contributed by atoms with Gasteiger partial charge in [0.25, 0.3) is 0 Å². The molecule has 0 aliphatic rings. The van der Waals surface area contributed by atoms with E-state index in [-0.39, 0.29) is 6.61 Å². The van der Waals surface area contributed by atoms with Crippen molar-refractivity contribution in [2.24, 2.45) is 0 Å². The highest BCUT2D eigenvalue weighted by Crippen LogP contribution is 2.30. The van der Waals surface area contributed by atoms with Gasteiger partial charge in [0, 0.05) is 12.0 Å². The summed E-state index contributed by atoms with van der Waals surface area (Å²) in [7, 11) is 1.64. The molecule has 0 radical (unpaired) electrons. The first-order chi connectivity index (χ1) is 7.74. The maximum absolute atomic E-state index is 8.82. The average molecular weight is 220 g/mol. The van der Waals surface area contributed by atoms with Gasteiger partial charge in [0.15, 0.2) is 11.3 Å². The van der Waals surface area contributed by atoms with Crippen molar-refractivity contribution < 1.29 is 14.3 Å². The molecule has 0 bridgehead atoms. The van der Waals surface area contributed by atoms with Crippen LogP contribution in [0.2, 0.25) is 0 Å². The van der Waals surface area contributed by atoms with Crippen LogP contribution in [0.3, 0.4) is 0 Å². The molecule has 1 aromatic carbocycles. The molecule has 0 fully saturated rings. The van der Waals surface area contributed by atoms with Crippen LogP contribution < -0.4 is 4.74 Å². The molecule has 0 amide bonds. The van der Waals surface area contributed by atoms with Crippen LogP contribution in [0.4, 0.5) is 0 Å². The molecule has 86 valence electrons. The number of aryl methyl sites for hydroxylation is 2. The van der Waals surface area contributed by atoms with Crippen LogP contribution in [0.15, 0.2) is 22.6 Å². The fourth-order valence-electron chi connectivity index (χ4n) is 1.89. The van der Waals surface area contributed by atoms with Gasteiger partial charge in [-0.15, -0.1) is 0 Å². The number of benzene rings is 1. The number of ether oxygens (including phenoxy) is 1. The normalized spacial score (nSPS) is 10.9. The van der Waals surface area contributed by atoms with Gasteiger partial charge in [-0.05, 0) is 43.5 Å². The first-order valence-electron chi connectivity index (χ1n) is 5.42. The SMILES string of the molecule is COc1cc(CCCO)cc2cc(C)oc12. The Morgan fingerprint density at radius 3 is 2.81 bits per heavy atom. The van der Waals surface area contributed by atoms with E-state index in [4.69, 9.17) is 14.3 Å². The summed E-state index contributed by atoms with van der Waals surface area (Å²) in [6.45, 7) is 2.14. The van der Waals surface area contributed by atoms with Crippen molar-refractivity contribution in [2.45, 2.75) is 19.8 Å². The monoisotopic (exact) mass is 220 g/mol. The second-order valence-corrected chi connectivity index (χ2v) is 3.90. The molecule has 1 N–H and O–H groups in total. The van der Waals surface area contributed by atoms with Gasteiger partial charge in [-0.1, -0.05) is 0 Å². The lowest BCUT2D eigenvalue weighted by molar-refractivity contribution is 0.288. The Hall–Kier alpha value is -1.48. The zero-order valence-electron chi connectivity index (χ0n) is 9.62. The number of rotatable bonds is 4. The molecule has 0 atom stereocenters. The third kappa shape index (κ3) is 2.04. The van der Waals surface area contributed by atoms with E-state index in [9.17, 15) is 0 Å². The van der Waals surface area contributed by atoms with Crippen LogP contribution in [0, 0.1) is 6.92 Å². The standard InChI is InChI=1S/C13H16O3/c1-9-6-11-7-10(4-3-5-14)8-12(15-2)13(11)16-9/h6-8,14H,3-5H2,1-2H3. The van der Waals surface area contributed by atoms with Crippen molar-refractivity contribution in [1.29, 1.82) is 0 Å². The molecule has 0 spiro atoms. The summed E-state index contributed by atoms with van der Waals surface area (Å²) < 4.78 is 10.9. The summed E-state index contributed by atoms with van der Waals surface area (Å²) in [5.74, 6) is 1.64. The molecule has 2 aromatic rings. The minimum Gasteiger partial charge on any atom is -0.493 e. The third-order valence-corrected chi connectivity index (χ3v) is 2.61. The summed E-state index contributed by atoms with van der Waals surface area (Å²) in [4.78, 5) is 0. The van der Waals surface area contributed by atoms with Crippen LogP contribution in [0.1, 0.15) is 17.7 Å². The van der Waals surface area contributed by atoms with Crippen LogP contribution in [0.25, 0.3) is 11.0 Å². The van der Waals surface area contributed by atoms with Crippen molar-refractivity contribution in [3.8, 4) is 5.75 Å². The van der Waals surface area contributed by atoms with Gasteiger partial charge in [0.05, 0.1) is 7.11 Å². The second kappa shape index (κ2) is 4.58. The van der Waals surface area contributed by atoms with E-state index in [1.54, 1.807) is 7.11 Å². The van der Waals surface area contributed by atoms with Crippen molar-refractivity contribution in [3.63, 3.8) is 0 Å². The van der Waals surface area contributed by atoms with E-state index >= 15 is 0 Å². The Labute approximate surface area is 94.6 Å². The average Bonchev–Trinajstić information content (AvgIpc) is 2.65. The molecular formula is C13H16O3. The van der Waals surface area contributed by atoms with E-state index in [1.165, 1.54) is 5.56 Å². The van der Waals surface area contributed by atoms with E-state index < -0.39 is 0 Å². The van der Waals surface area contributed by atoms with Crippen molar-refractivity contribution >= 4 is 11.0 Å². The van der Waals surface area contributed by atoms with Crippen molar-refractivity contribution in [3.05, 3.63) is 29.5 Å². The highest BCUT2D eigenvalue weighted by molar-refractivity contribution is 5.84. The number of aliphatic hydroxyl groups excluding tert-OH is 1. The maximum Gasteiger partial charge on any atom is 0.176 e. The molecule has 1 heterocycles. The minimum absolute atomic E-state index is 0.213. The molecule has 3 heteroatoms. The van der Waals surface area contributed by atoms with Gasteiger partial charge in [0.1, 0.15) is 5.76 Å². The number of methoxy groups -OCH3 is 1. The smallest absolute Gasteiger partial charge is 0.176 e. The summed E-state index contributed by atoms with van der Waals surface area (Å²) in [6, 6.07) is 6.06. The molecule has 0 unspecified atom stereocenters. The Kier molecular flexibility index (Phi) is 3.15. The lowest BCUT2D eigenvalue weighted by atomic mass is 10.1. The summed E-state index contributed by atoms with van der Waals surface area (Å²) >= 11 is 0. The van der Waals surface area contributed by atoms with Crippen LogP contribution >= 0.6 is 0 Å². The molecule has 0 saturated carbocycles. The minimum atomic E-state index is 0.213. The molecule has 1 aromatic heterocycles. The number of hydrogen-bond donors (Lipinski definition) is 1. The molecule has 2 rings (SSSR count). The summed E-state index contributed by atoms with van der Waals surface area (Å²) in [5, 5.41) is 9.88. The van der Waals surface area contributed by atoms with E-state index in [1.807, 2.05) is 19.1 Å². The first kappa shape index (κ1) is 11.0. The second-order valence-electron chi connectivity index (χ2n) is 3.90. The Morgan fingerprint density at radius 2 is 2.12 bits per heavy atom. The van der Waals surface area contributed by atoms with Crippen LogP contribution in [-0.2, 0) is 6.42 Å². The molecule has 0 saturated heterocycles. The Bertz CT molecular complexity index is 485. The largest absolute Gasteiger partial charge is 0.493 e. The molecule has 3 nitrogen and oxygen atoms in total. The quantitative estimate of drug-likeness (QED) is 0.861. The van der Waals surface area contributed by atoms with Gasteiger partial charge in [-0.2, -0.15) is 0 Å². The van der Waals surface area contributed by atoms with Crippen LogP contribution in [-0.4, -0.2) is 18.8 Å². The highest BCUT2D eigenvalue weighted by atomic mass is 16.5. The Morgan fingerprint density at radius 1 is 1.31 bits per heavy atom. The van der Waals surface area contributed by atoms with Gasteiger partial charge in [0.2, 0.25) is 0 Å². The van der Waals surface area contributed by atoms with Gasteiger partial charge >= 0.3 is 0 Å². The molecule has 0 aliphatic heterocycles. The lowest BCUT2D eigenvalue weighted by Crippen LogP contribution is -1.91. The number of hydrogen-bond acceptors (Lipinski definition) is 3. The lowest BCUT2D eigenvalue weighted by Gasteiger charge is -2.04. The zero-order valence-corrected chi connectivity index (χ0v) is 9.62. The Balaban J connectivity index is 2.45. The van der Waals surface area contributed by atoms with Crippen molar-refractivity contribution in [1.82, 2.24) is 0 Å². The third-order valence-electron chi connectivity index (χ3n) is 2.61. The predicted octanol–water partition coefficient (Wildman–Crippen LogP) is 2.67. The number of fused-ring (bicyclic) bond motifs is 1. The van der Waals surface area contributed by atoms with E-state index in [0.29, 0.717) is 0 Å². The van der Waals surface area contributed by atoms with E-state index in [2.05, 4.69) is 6.07 Å². The van der Waals surface area contributed by atoms with E-state index in [0.717, 1.165) is 35.3 Å². The molecule has 16 heavy (non-hydrogen) atoms. The number of furan rings is 1. The highest BCUT2D eigenvalue weighted by Gasteiger charge is 2.09. The summed E-state index contributed by atoms with van der Waals surface area (Å²) in [5.41, 5.74) is 1.96. The molecule has 0 aliphatic carbocycles. The van der Waals surface area contributed by atoms with Crippen molar-refractivity contribution in [2.75, 3.05) is 13.7 Å². The fraction of sp³-hybridized carbons (Fsp3) is 0.385. The number of aliphatic hydroxyl groups is 1. The van der Waals surface area contributed by atoms with Crippen LogP contribution in [0.5, 0.6) is 5.75 Å². The van der Waals surface area contributed by atoms with Gasteiger partial charge in [-0.3, -0.25) is 0 Å². The van der Waals surface area contributed by atoms with Gasteiger partial charge in [-0.25, -0.2) is 0 Å². The zero-order chi connectivity index (χ0) is 11.5. The fourth-order valence-corrected chi connectivity index (χ4v) is 1.89. The maximum atomic E-state index is 8.82.